The van der Waals surface area contributed by atoms with Crippen LogP contribution < -0.4 is 5.32 Å². The second kappa shape index (κ2) is 6.35. The van der Waals surface area contributed by atoms with E-state index in [1.165, 1.54) is 25.7 Å². The molecule has 0 fully saturated rings. The molecule has 1 aromatic rings. The van der Waals surface area contributed by atoms with Crippen LogP contribution in [0.15, 0.2) is 12.4 Å². The van der Waals surface area contributed by atoms with Crippen LogP contribution in [0.4, 0.5) is 5.95 Å². The topological polar surface area (TPSA) is 37.8 Å². The van der Waals surface area contributed by atoms with Gasteiger partial charge in [-0.1, -0.05) is 26.2 Å². The maximum atomic E-state index is 4.17. The maximum Gasteiger partial charge on any atom is 0.222 e. The second-order valence-electron chi connectivity index (χ2n) is 3.57. The molecule has 14 heavy (non-hydrogen) atoms. The van der Waals surface area contributed by atoms with E-state index in [2.05, 4.69) is 22.2 Å². The average molecular weight is 193 g/mol. The molecule has 0 aliphatic carbocycles. The molecule has 0 bridgehead atoms. The van der Waals surface area contributed by atoms with Gasteiger partial charge in [0.2, 0.25) is 5.95 Å². The van der Waals surface area contributed by atoms with Crippen molar-refractivity contribution in [1.82, 2.24) is 9.97 Å². The Morgan fingerprint density at radius 3 is 2.50 bits per heavy atom. The van der Waals surface area contributed by atoms with Crippen LogP contribution in [0.25, 0.3) is 0 Å². The Morgan fingerprint density at radius 2 is 1.86 bits per heavy atom. The van der Waals surface area contributed by atoms with E-state index < -0.39 is 0 Å². The summed E-state index contributed by atoms with van der Waals surface area (Å²) in [5.74, 6) is 0.743. The first-order valence-corrected chi connectivity index (χ1v) is 5.35. The quantitative estimate of drug-likeness (QED) is 0.706. The molecule has 78 valence electrons. The summed E-state index contributed by atoms with van der Waals surface area (Å²) < 4.78 is 0. The van der Waals surface area contributed by atoms with Crippen LogP contribution in [0.2, 0.25) is 0 Å². The van der Waals surface area contributed by atoms with Crippen molar-refractivity contribution in [2.75, 3.05) is 11.9 Å². The smallest absolute Gasteiger partial charge is 0.222 e. The molecule has 3 nitrogen and oxygen atoms in total. The summed E-state index contributed by atoms with van der Waals surface area (Å²) in [6, 6.07) is 0. The molecule has 1 heterocycles. The molecular weight excluding hydrogens is 174 g/mol. The highest BCUT2D eigenvalue weighted by Gasteiger charge is 1.93. The van der Waals surface area contributed by atoms with Gasteiger partial charge in [-0.25, -0.2) is 9.97 Å². The van der Waals surface area contributed by atoms with Gasteiger partial charge in [0.25, 0.3) is 0 Å². The number of aromatic nitrogens is 2. The lowest BCUT2D eigenvalue weighted by atomic mass is 10.2. The van der Waals surface area contributed by atoms with E-state index >= 15 is 0 Å². The van der Waals surface area contributed by atoms with Crippen molar-refractivity contribution in [2.24, 2.45) is 0 Å². The van der Waals surface area contributed by atoms with Gasteiger partial charge in [0, 0.05) is 18.9 Å². The van der Waals surface area contributed by atoms with Crippen LogP contribution in [0.5, 0.6) is 0 Å². The largest absolute Gasteiger partial charge is 0.354 e. The molecule has 3 heteroatoms. The average Bonchev–Trinajstić information content (AvgIpc) is 2.21. The summed E-state index contributed by atoms with van der Waals surface area (Å²) in [5.41, 5.74) is 1.10. The first-order valence-electron chi connectivity index (χ1n) is 5.35. The van der Waals surface area contributed by atoms with Gasteiger partial charge >= 0.3 is 0 Å². The number of hydrogen-bond acceptors (Lipinski definition) is 3. The summed E-state index contributed by atoms with van der Waals surface area (Å²) in [6.45, 7) is 5.19. The summed E-state index contributed by atoms with van der Waals surface area (Å²) in [5, 5.41) is 3.21. The van der Waals surface area contributed by atoms with Crippen molar-refractivity contribution in [3.05, 3.63) is 18.0 Å². The Labute approximate surface area is 86.0 Å². The molecule has 0 spiro atoms. The van der Waals surface area contributed by atoms with E-state index in [1.54, 1.807) is 0 Å². The van der Waals surface area contributed by atoms with Crippen molar-refractivity contribution in [1.29, 1.82) is 0 Å². The van der Waals surface area contributed by atoms with Crippen molar-refractivity contribution in [3.8, 4) is 0 Å². The Hall–Kier alpha value is -1.12. The van der Waals surface area contributed by atoms with Gasteiger partial charge in [-0.05, 0) is 18.9 Å². The van der Waals surface area contributed by atoms with Gasteiger partial charge in [0.1, 0.15) is 0 Å². The molecular formula is C11H19N3. The lowest BCUT2D eigenvalue weighted by Crippen LogP contribution is -2.04. The number of rotatable bonds is 6. The zero-order chi connectivity index (χ0) is 10.2. The van der Waals surface area contributed by atoms with Gasteiger partial charge in [-0.2, -0.15) is 0 Å². The summed E-state index contributed by atoms with van der Waals surface area (Å²) in [6.07, 6.45) is 8.75. The third-order valence-corrected chi connectivity index (χ3v) is 2.09. The first kappa shape index (κ1) is 11.0. The lowest BCUT2D eigenvalue weighted by molar-refractivity contribution is 0.683. The van der Waals surface area contributed by atoms with Gasteiger partial charge in [-0.3, -0.25) is 0 Å². The Morgan fingerprint density at radius 1 is 1.14 bits per heavy atom. The van der Waals surface area contributed by atoms with Crippen molar-refractivity contribution < 1.29 is 0 Å². The van der Waals surface area contributed by atoms with Crippen LogP contribution in [0, 0.1) is 6.92 Å². The van der Waals surface area contributed by atoms with Crippen LogP contribution in [-0.4, -0.2) is 16.5 Å². The van der Waals surface area contributed by atoms with Crippen LogP contribution >= 0.6 is 0 Å². The van der Waals surface area contributed by atoms with E-state index in [0.29, 0.717) is 0 Å². The normalized spacial score (nSPS) is 10.1. The minimum absolute atomic E-state index is 0.743. The highest BCUT2D eigenvalue weighted by molar-refractivity contribution is 5.23. The monoisotopic (exact) mass is 193 g/mol. The molecule has 0 atom stereocenters. The third kappa shape index (κ3) is 4.21. The number of hydrogen-bond donors (Lipinski definition) is 1. The molecule has 0 aliphatic heterocycles. The SMILES string of the molecule is CCCCCCNc1ncc(C)cn1. The predicted octanol–water partition coefficient (Wildman–Crippen LogP) is 2.78. The van der Waals surface area contributed by atoms with Crippen LogP contribution in [-0.2, 0) is 0 Å². The highest BCUT2D eigenvalue weighted by Crippen LogP contribution is 2.01. The Bertz CT molecular complexity index is 243. The maximum absolute atomic E-state index is 4.17. The molecule has 1 N–H and O–H groups in total. The predicted molar refractivity (Wildman–Crippen MR) is 59.4 cm³/mol. The minimum atomic E-state index is 0.743. The summed E-state index contributed by atoms with van der Waals surface area (Å²) in [4.78, 5) is 8.35. The molecule has 0 aliphatic rings. The van der Waals surface area contributed by atoms with Crippen molar-refractivity contribution in [3.63, 3.8) is 0 Å². The third-order valence-electron chi connectivity index (χ3n) is 2.09. The van der Waals surface area contributed by atoms with Gasteiger partial charge in [0.15, 0.2) is 0 Å². The molecule has 1 rings (SSSR count). The van der Waals surface area contributed by atoms with Gasteiger partial charge < -0.3 is 5.32 Å². The van der Waals surface area contributed by atoms with Crippen LogP contribution in [0.1, 0.15) is 38.2 Å². The zero-order valence-corrected chi connectivity index (χ0v) is 9.08. The number of nitrogens with zero attached hydrogens (tertiary/aromatic N) is 2. The van der Waals surface area contributed by atoms with E-state index in [4.69, 9.17) is 0 Å². The van der Waals surface area contributed by atoms with E-state index in [1.807, 2.05) is 19.3 Å². The van der Waals surface area contributed by atoms with Crippen molar-refractivity contribution >= 4 is 5.95 Å². The fourth-order valence-electron chi connectivity index (χ4n) is 1.24. The molecule has 1 aromatic heterocycles. The van der Waals surface area contributed by atoms with Crippen molar-refractivity contribution in [2.45, 2.75) is 39.5 Å². The number of aryl methyl sites for hydroxylation is 1. The number of unbranched alkanes of at least 4 members (excludes halogenated alkanes) is 3. The van der Waals surface area contributed by atoms with E-state index in [0.717, 1.165) is 18.1 Å². The zero-order valence-electron chi connectivity index (χ0n) is 9.08. The summed E-state index contributed by atoms with van der Waals surface area (Å²) in [7, 11) is 0. The van der Waals surface area contributed by atoms with E-state index in [-0.39, 0.29) is 0 Å². The minimum Gasteiger partial charge on any atom is -0.354 e. The second-order valence-corrected chi connectivity index (χ2v) is 3.57. The van der Waals surface area contributed by atoms with Crippen LogP contribution in [0.3, 0.4) is 0 Å². The lowest BCUT2D eigenvalue weighted by Gasteiger charge is -2.03. The van der Waals surface area contributed by atoms with Gasteiger partial charge in [-0.15, -0.1) is 0 Å². The Kier molecular flexibility index (Phi) is 4.97. The number of nitrogens with one attached hydrogen (secondary N) is 1. The first-order chi connectivity index (χ1) is 6.83. The molecule has 0 radical (unpaired) electrons. The molecule has 0 amide bonds. The molecule has 0 unspecified atom stereocenters. The molecule has 0 saturated heterocycles. The fourth-order valence-corrected chi connectivity index (χ4v) is 1.24. The molecule has 0 aromatic carbocycles. The standard InChI is InChI=1S/C11H19N3/c1-3-4-5-6-7-12-11-13-8-10(2)9-14-11/h8-9H,3-7H2,1-2H3,(H,12,13,14). The fraction of sp³-hybridized carbons (Fsp3) is 0.636. The Balaban J connectivity index is 2.15. The highest BCUT2D eigenvalue weighted by atomic mass is 15.1. The summed E-state index contributed by atoms with van der Waals surface area (Å²) >= 11 is 0. The van der Waals surface area contributed by atoms with Gasteiger partial charge in [0.05, 0.1) is 0 Å². The van der Waals surface area contributed by atoms with E-state index in [9.17, 15) is 0 Å². The molecule has 0 saturated carbocycles. The number of anilines is 1.